The van der Waals surface area contributed by atoms with E-state index in [-0.39, 0.29) is 0 Å². The molecule has 0 aliphatic carbocycles. The van der Waals surface area contributed by atoms with Gasteiger partial charge in [0, 0.05) is 5.69 Å². The lowest BCUT2D eigenvalue weighted by Gasteiger charge is -2.07. The van der Waals surface area contributed by atoms with E-state index in [0.29, 0.717) is 12.5 Å². The van der Waals surface area contributed by atoms with E-state index in [1.54, 1.807) is 7.11 Å². The standard InChI is InChI=1S/C17H21N3O/c1-12-4-6-15(7-5-12)20-17(18)19-11-14-8-13(2)9-16(10-14)21-3/h4-10H,11H2,1-3H3,(H3,18,19,20). The second-order valence-corrected chi connectivity index (χ2v) is 5.05. The zero-order chi connectivity index (χ0) is 15.2. The Labute approximate surface area is 125 Å². The van der Waals surface area contributed by atoms with E-state index < -0.39 is 0 Å². The highest BCUT2D eigenvalue weighted by Crippen LogP contribution is 2.17. The summed E-state index contributed by atoms with van der Waals surface area (Å²) in [6, 6.07) is 14.0. The van der Waals surface area contributed by atoms with Gasteiger partial charge < -0.3 is 15.8 Å². The fourth-order valence-electron chi connectivity index (χ4n) is 2.03. The van der Waals surface area contributed by atoms with Crippen LogP contribution in [0.25, 0.3) is 0 Å². The van der Waals surface area contributed by atoms with E-state index in [1.165, 1.54) is 5.56 Å². The first-order chi connectivity index (χ1) is 10.1. The molecule has 0 aromatic heterocycles. The van der Waals surface area contributed by atoms with Crippen LogP contribution in [-0.4, -0.2) is 13.1 Å². The number of hydrogen-bond donors (Lipinski definition) is 2. The third kappa shape index (κ3) is 4.53. The number of nitrogens with one attached hydrogen (secondary N) is 1. The number of benzene rings is 2. The largest absolute Gasteiger partial charge is 0.497 e. The Morgan fingerprint density at radius 2 is 1.81 bits per heavy atom. The molecule has 0 fully saturated rings. The first-order valence-corrected chi connectivity index (χ1v) is 6.85. The molecule has 0 aliphatic rings. The Kier molecular flexibility index (Phi) is 4.82. The molecule has 0 saturated carbocycles. The van der Waals surface area contributed by atoms with Crippen molar-refractivity contribution in [1.29, 1.82) is 0 Å². The summed E-state index contributed by atoms with van der Waals surface area (Å²) in [5, 5.41) is 3.08. The molecule has 0 saturated heterocycles. The molecule has 0 spiro atoms. The van der Waals surface area contributed by atoms with Crippen molar-refractivity contribution in [1.82, 2.24) is 0 Å². The molecule has 0 bridgehead atoms. The summed E-state index contributed by atoms with van der Waals surface area (Å²) >= 11 is 0. The molecule has 0 amide bonds. The van der Waals surface area contributed by atoms with Crippen LogP contribution in [0.15, 0.2) is 47.5 Å². The van der Waals surface area contributed by atoms with E-state index in [9.17, 15) is 0 Å². The van der Waals surface area contributed by atoms with Gasteiger partial charge in [0.25, 0.3) is 0 Å². The highest BCUT2D eigenvalue weighted by Gasteiger charge is 1.99. The Balaban J connectivity index is 2.03. The van der Waals surface area contributed by atoms with E-state index >= 15 is 0 Å². The first-order valence-electron chi connectivity index (χ1n) is 6.85. The second kappa shape index (κ2) is 6.79. The van der Waals surface area contributed by atoms with E-state index in [2.05, 4.69) is 16.4 Å². The van der Waals surface area contributed by atoms with E-state index in [4.69, 9.17) is 10.5 Å². The van der Waals surface area contributed by atoms with Gasteiger partial charge in [0.05, 0.1) is 13.7 Å². The minimum Gasteiger partial charge on any atom is -0.497 e. The molecule has 4 heteroatoms. The third-order valence-electron chi connectivity index (χ3n) is 3.10. The lowest BCUT2D eigenvalue weighted by atomic mass is 10.1. The average molecular weight is 283 g/mol. The zero-order valence-corrected chi connectivity index (χ0v) is 12.7. The van der Waals surface area contributed by atoms with Crippen LogP contribution in [0.2, 0.25) is 0 Å². The number of aliphatic imine (C=N–C) groups is 1. The van der Waals surface area contributed by atoms with E-state index in [0.717, 1.165) is 22.6 Å². The van der Waals surface area contributed by atoms with Crippen LogP contribution in [0.4, 0.5) is 5.69 Å². The van der Waals surface area contributed by atoms with Crippen molar-refractivity contribution in [2.45, 2.75) is 20.4 Å². The molecule has 2 aromatic rings. The van der Waals surface area contributed by atoms with Gasteiger partial charge in [-0.3, -0.25) is 0 Å². The van der Waals surface area contributed by atoms with Crippen LogP contribution in [0, 0.1) is 13.8 Å². The lowest BCUT2D eigenvalue weighted by Crippen LogP contribution is -2.22. The molecule has 2 aromatic carbocycles. The van der Waals surface area contributed by atoms with Crippen molar-refractivity contribution in [2.75, 3.05) is 12.4 Å². The number of methoxy groups -OCH3 is 1. The van der Waals surface area contributed by atoms with Gasteiger partial charge in [0.2, 0.25) is 0 Å². The smallest absolute Gasteiger partial charge is 0.193 e. The monoisotopic (exact) mass is 283 g/mol. The second-order valence-electron chi connectivity index (χ2n) is 5.05. The number of nitrogens with zero attached hydrogens (tertiary/aromatic N) is 1. The number of rotatable bonds is 4. The van der Waals surface area contributed by atoms with Crippen molar-refractivity contribution < 1.29 is 4.74 Å². The zero-order valence-electron chi connectivity index (χ0n) is 12.7. The highest BCUT2D eigenvalue weighted by molar-refractivity contribution is 5.92. The van der Waals surface area contributed by atoms with Crippen LogP contribution in [-0.2, 0) is 6.54 Å². The van der Waals surface area contributed by atoms with Crippen molar-refractivity contribution in [2.24, 2.45) is 10.7 Å². The van der Waals surface area contributed by atoms with Gasteiger partial charge in [-0.15, -0.1) is 0 Å². The van der Waals surface area contributed by atoms with Gasteiger partial charge in [-0.1, -0.05) is 23.8 Å². The summed E-state index contributed by atoms with van der Waals surface area (Å²) in [5.41, 5.74) is 10.3. The van der Waals surface area contributed by atoms with Crippen molar-refractivity contribution in [3.63, 3.8) is 0 Å². The predicted octanol–water partition coefficient (Wildman–Crippen LogP) is 3.24. The van der Waals surface area contributed by atoms with Crippen LogP contribution in [0.5, 0.6) is 5.75 Å². The Morgan fingerprint density at radius 1 is 1.10 bits per heavy atom. The number of nitrogens with two attached hydrogens (primary N) is 1. The van der Waals surface area contributed by atoms with Gasteiger partial charge in [0.1, 0.15) is 5.75 Å². The maximum absolute atomic E-state index is 5.91. The predicted molar refractivity (Wildman–Crippen MR) is 87.9 cm³/mol. The molecule has 110 valence electrons. The van der Waals surface area contributed by atoms with Crippen LogP contribution in [0.1, 0.15) is 16.7 Å². The molecule has 4 nitrogen and oxygen atoms in total. The molecular weight excluding hydrogens is 262 g/mol. The van der Waals surface area contributed by atoms with Gasteiger partial charge in [-0.05, 0) is 49.2 Å². The topological polar surface area (TPSA) is 59.6 Å². The average Bonchev–Trinajstić information content (AvgIpc) is 2.47. The maximum Gasteiger partial charge on any atom is 0.193 e. The minimum atomic E-state index is 0.402. The Bertz CT molecular complexity index is 633. The molecule has 0 aliphatic heterocycles. The van der Waals surface area contributed by atoms with Crippen LogP contribution >= 0.6 is 0 Å². The van der Waals surface area contributed by atoms with Gasteiger partial charge in [-0.25, -0.2) is 4.99 Å². The van der Waals surface area contributed by atoms with Crippen LogP contribution in [0.3, 0.4) is 0 Å². The van der Waals surface area contributed by atoms with Crippen molar-refractivity contribution >= 4 is 11.6 Å². The molecule has 0 atom stereocenters. The molecule has 0 heterocycles. The summed E-state index contributed by atoms with van der Waals surface area (Å²) in [5.74, 6) is 1.24. The summed E-state index contributed by atoms with van der Waals surface area (Å²) in [7, 11) is 1.66. The summed E-state index contributed by atoms with van der Waals surface area (Å²) < 4.78 is 5.25. The summed E-state index contributed by atoms with van der Waals surface area (Å²) in [6.07, 6.45) is 0. The fraction of sp³-hybridized carbons (Fsp3) is 0.235. The Morgan fingerprint density at radius 3 is 2.48 bits per heavy atom. The van der Waals surface area contributed by atoms with Gasteiger partial charge >= 0.3 is 0 Å². The molecule has 2 rings (SSSR count). The number of aryl methyl sites for hydroxylation is 2. The molecule has 0 radical (unpaired) electrons. The Hall–Kier alpha value is -2.49. The molecule has 21 heavy (non-hydrogen) atoms. The quantitative estimate of drug-likeness (QED) is 0.669. The fourth-order valence-corrected chi connectivity index (χ4v) is 2.03. The van der Waals surface area contributed by atoms with Crippen molar-refractivity contribution in [3.8, 4) is 5.75 Å². The van der Waals surface area contributed by atoms with Crippen molar-refractivity contribution in [3.05, 3.63) is 59.2 Å². The molecule has 3 N–H and O–H groups in total. The maximum atomic E-state index is 5.91. The number of guanidine groups is 1. The summed E-state index contributed by atoms with van der Waals surface area (Å²) in [6.45, 7) is 4.60. The number of ether oxygens (including phenoxy) is 1. The van der Waals surface area contributed by atoms with Gasteiger partial charge in [-0.2, -0.15) is 0 Å². The highest BCUT2D eigenvalue weighted by atomic mass is 16.5. The molecular formula is C17H21N3O. The lowest BCUT2D eigenvalue weighted by molar-refractivity contribution is 0.414. The number of hydrogen-bond acceptors (Lipinski definition) is 2. The van der Waals surface area contributed by atoms with Crippen LogP contribution < -0.4 is 15.8 Å². The third-order valence-corrected chi connectivity index (χ3v) is 3.10. The number of anilines is 1. The normalized spacial score (nSPS) is 11.3. The molecule has 0 unspecified atom stereocenters. The van der Waals surface area contributed by atoms with E-state index in [1.807, 2.05) is 50.2 Å². The summed E-state index contributed by atoms with van der Waals surface area (Å²) in [4.78, 5) is 4.36. The van der Waals surface area contributed by atoms with Gasteiger partial charge in [0.15, 0.2) is 5.96 Å². The SMILES string of the molecule is COc1cc(C)cc(CN=C(N)Nc2ccc(C)cc2)c1. The minimum absolute atomic E-state index is 0.402. The first kappa shape index (κ1) is 14.9.